The average Bonchev–Trinajstić information content (AvgIpc) is 2.83. The van der Waals surface area contributed by atoms with Gasteiger partial charge in [-0.3, -0.25) is 9.35 Å². The van der Waals surface area contributed by atoms with E-state index in [0.29, 0.717) is 36.4 Å². The molecule has 1 aromatic heterocycles. The minimum absolute atomic E-state index is 0.00381. The number of rotatable bonds is 9. The lowest BCUT2D eigenvalue weighted by atomic mass is 10.1. The first-order valence-electron chi connectivity index (χ1n) is 11.0. The zero-order valence-electron chi connectivity index (χ0n) is 20.5. The molecule has 0 atom stereocenters. The average molecular weight is 605 g/mol. The van der Waals surface area contributed by atoms with E-state index in [0.717, 1.165) is 12.1 Å². The van der Waals surface area contributed by atoms with Crippen molar-refractivity contribution >= 4 is 61.1 Å². The summed E-state index contributed by atoms with van der Waals surface area (Å²) in [5.41, 5.74) is 18.0. The molecule has 0 aliphatic carbocycles. The van der Waals surface area contributed by atoms with Gasteiger partial charge in [-0.25, -0.2) is 0 Å². The largest absolute Gasteiger partial charge is 0.492 e. The Morgan fingerprint density at radius 3 is 2.23 bits per heavy atom. The van der Waals surface area contributed by atoms with Crippen molar-refractivity contribution in [3.8, 4) is 5.75 Å². The third-order valence-electron chi connectivity index (χ3n) is 4.85. The molecule has 212 valence electrons. The number of nitrogens with two attached hydrogens (primary N) is 3. The molecule has 1 heterocycles. The first kappa shape index (κ1) is 31.5. The number of nitrogens with zero attached hydrogens (tertiary/aromatic N) is 2. The van der Waals surface area contributed by atoms with Crippen molar-refractivity contribution < 1.29 is 34.8 Å². The minimum Gasteiger partial charge on any atom is -0.492 e. The van der Waals surface area contributed by atoms with Gasteiger partial charge in [-0.15, -0.1) is 3.89 Å². The minimum atomic E-state index is -4.92. The number of anilines is 4. The predicted molar refractivity (Wildman–Crippen MR) is 145 cm³/mol. The van der Waals surface area contributed by atoms with Crippen LogP contribution in [-0.4, -0.2) is 49.6 Å². The van der Waals surface area contributed by atoms with Crippen LogP contribution in [0.3, 0.4) is 0 Å². The fourth-order valence-corrected chi connectivity index (χ4v) is 3.66. The quantitative estimate of drug-likeness (QED) is 0.135. The summed E-state index contributed by atoms with van der Waals surface area (Å²) in [6.07, 6.45) is 1.02. The molecule has 8 N–H and O–H groups in total. The van der Waals surface area contributed by atoms with Gasteiger partial charge in [0, 0.05) is 16.8 Å². The molecule has 3 aromatic rings. The summed E-state index contributed by atoms with van der Waals surface area (Å²) in [4.78, 5) is 19.5. The molecular weight excluding hydrogens is 579 g/mol. The van der Waals surface area contributed by atoms with E-state index in [-0.39, 0.29) is 33.9 Å². The summed E-state index contributed by atoms with van der Waals surface area (Å²) in [5.74, 6) is -0.0158. The van der Waals surface area contributed by atoms with Crippen molar-refractivity contribution in [2.24, 2.45) is 0 Å². The molecule has 0 aliphatic rings. The number of benzene rings is 2. The second-order valence-corrected chi connectivity index (χ2v) is 11.2. The second kappa shape index (κ2) is 13.4. The van der Waals surface area contributed by atoms with Crippen LogP contribution in [0.5, 0.6) is 5.75 Å². The normalized spacial score (nSPS) is 11.3. The lowest BCUT2D eigenvalue weighted by Gasteiger charge is -2.12. The standard InChI is InChI=1S/C20H20ClFN6O4S.C2H6O3S/c21-15-10-12(26-19(29)11-3-1-4-13(9-11)33(22,30)31)6-7-16(15)32-8-2-5-14-17(23)27-20(25)28-18(14)24;1-2-6(3,4)5/h1,3-4,6-7,9-10H,2,5,8H2,(H,26,29)(H6,23,24,25,27,28);2H2,1H3,(H,3,4,5). The van der Waals surface area contributed by atoms with Crippen LogP contribution in [0.15, 0.2) is 47.4 Å². The van der Waals surface area contributed by atoms with E-state index in [1.165, 1.54) is 25.1 Å². The van der Waals surface area contributed by atoms with E-state index in [9.17, 15) is 25.5 Å². The molecule has 1 amide bonds. The summed E-state index contributed by atoms with van der Waals surface area (Å²) in [6.45, 7) is 1.66. The molecular formula is C22H26ClFN6O7S2. The van der Waals surface area contributed by atoms with Gasteiger partial charge >= 0.3 is 10.2 Å². The molecule has 13 nitrogen and oxygen atoms in total. The Morgan fingerprint density at radius 2 is 1.69 bits per heavy atom. The number of hydrogen-bond donors (Lipinski definition) is 5. The first-order chi connectivity index (χ1) is 18.1. The van der Waals surface area contributed by atoms with Crippen molar-refractivity contribution in [3.63, 3.8) is 0 Å². The number of hydrogen-bond acceptors (Lipinski definition) is 11. The molecule has 0 bridgehead atoms. The number of halogens is 2. The number of nitrogens with one attached hydrogen (secondary N) is 1. The number of carbonyl (C=O) groups is 1. The van der Waals surface area contributed by atoms with Crippen molar-refractivity contribution in [2.45, 2.75) is 24.7 Å². The second-order valence-electron chi connectivity index (χ2n) is 7.72. The SMILES string of the molecule is CCS(=O)(=O)O.Nc1nc(N)c(CCCOc2ccc(NC(=O)c3cccc(S(=O)(=O)F)c3)cc2Cl)c(N)n1. The highest BCUT2D eigenvalue weighted by Gasteiger charge is 2.15. The third-order valence-corrected chi connectivity index (χ3v) is 6.69. The van der Waals surface area contributed by atoms with Crippen molar-refractivity contribution in [2.75, 3.05) is 34.9 Å². The van der Waals surface area contributed by atoms with Gasteiger partial charge in [-0.1, -0.05) is 17.7 Å². The maximum atomic E-state index is 13.2. The summed E-state index contributed by atoms with van der Waals surface area (Å²) >= 11 is 6.23. The molecule has 0 aliphatic heterocycles. The van der Waals surface area contributed by atoms with Crippen molar-refractivity contribution in [1.29, 1.82) is 0 Å². The maximum Gasteiger partial charge on any atom is 0.332 e. The molecule has 39 heavy (non-hydrogen) atoms. The molecule has 2 aromatic carbocycles. The van der Waals surface area contributed by atoms with Gasteiger partial charge in [0.05, 0.1) is 22.3 Å². The fourth-order valence-electron chi connectivity index (χ4n) is 2.91. The maximum absolute atomic E-state index is 13.2. The summed E-state index contributed by atoms with van der Waals surface area (Å²) in [7, 11) is -8.59. The van der Waals surface area contributed by atoms with Crippen LogP contribution >= 0.6 is 11.6 Å². The Balaban J connectivity index is 0.000000798. The first-order valence-corrected chi connectivity index (χ1v) is 14.4. The number of ether oxygens (including phenoxy) is 1. The Bertz CT molecular complexity index is 1530. The van der Waals surface area contributed by atoms with Crippen LogP contribution in [0.2, 0.25) is 5.02 Å². The van der Waals surface area contributed by atoms with E-state index in [2.05, 4.69) is 15.3 Å². The highest BCUT2D eigenvalue weighted by atomic mass is 35.5. The third kappa shape index (κ3) is 10.2. The lowest BCUT2D eigenvalue weighted by Crippen LogP contribution is -2.12. The summed E-state index contributed by atoms with van der Waals surface area (Å²) in [6, 6.07) is 9.20. The topological polar surface area (TPSA) is 231 Å². The number of aromatic nitrogens is 2. The number of nitrogen functional groups attached to an aromatic ring is 3. The molecule has 0 spiro atoms. The van der Waals surface area contributed by atoms with E-state index < -0.39 is 31.1 Å². The van der Waals surface area contributed by atoms with Gasteiger partial charge < -0.3 is 27.3 Å². The highest BCUT2D eigenvalue weighted by Crippen LogP contribution is 2.28. The fraction of sp³-hybridized carbons (Fsp3) is 0.227. The van der Waals surface area contributed by atoms with Gasteiger partial charge in [0.2, 0.25) is 5.95 Å². The zero-order chi connectivity index (χ0) is 29.4. The van der Waals surface area contributed by atoms with Crippen molar-refractivity contribution in [3.05, 3.63) is 58.6 Å². The van der Waals surface area contributed by atoms with Crippen molar-refractivity contribution in [1.82, 2.24) is 9.97 Å². The van der Waals surface area contributed by atoms with Gasteiger partial charge in [0.25, 0.3) is 16.0 Å². The Hall–Kier alpha value is -3.73. The Labute approximate surface area is 229 Å². The van der Waals surface area contributed by atoms with E-state index in [1.807, 2.05) is 0 Å². The van der Waals surface area contributed by atoms with Crippen LogP contribution < -0.4 is 27.3 Å². The monoisotopic (exact) mass is 604 g/mol. The van der Waals surface area contributed by atoms with Crippen LogP contribution in [0, 0.1) is 0 Å². The van der Waals surface area contributed by atoms with E-state index in [1.54, 1.807) is 12.1 Å². The highest BCUT2D eigenvalue weighted by molar-refractivity contribution is 7.86. The van der Waals surface area contributed by atoms with Gasteiger partial charge in [0.15, 0.2) is 0 Å². The van der Waals surface area contributed by atoms with E-state index in [4.69, 9.17) is 38.1 Å². The van der Waals surface area contributed by atoms with Crippen LogP contribution in [-0.2, 0) is 26.8 Å². The Kier molecular flexibility index (Phi) is 10.8. The smallest absolute Gasteiger partial charge is 0.332 e. The molecule has 3 rings (SSSR count). The molecule has 0 saturated carbocycles. The van der Waals surface area contributed by atoms with Gasteiger partial charge in [0.1, 0.15) is 17.4 Å². The van der Waals surface area contributed by atoms with Crippen LogP contribution in [0.4, 0.5) is 27.2 Å². The zero-order valence-corrected chi connectivity index (χ0v) is 22.9. The van der Waals surface area contributed by atoms with E-state index >= 15 is 0 Å². The van der Waals surface area contributed by atoms with Crippen LogP contribution in [0.25, 0.3) is 0 Å². The molecule has 0 unspecified atom stereocenters. The summed E-state index contributed by atoms with van der Waals surface area (Å²) < 4.78 is 67.8. The molecule has 0 saturated heterocycles. The number of amides is 1. The lowest BCUT2D eigenvalue weighted by molar-refractivity contribution is 0.102. The van der Waals surface area contributed by atoms with Gasteiger partial charge in [-0.2, -0.15) is 26.8 Å². The molecule has 17 heteroatoms. The number of carbonyl (C=O) groups excluding carboxylic acids is 1. The molecule has 0 radical (unpaired) electrons. The van der Waals surface area contributed by atoms with Gasteiger partial charge in [-0.05, 0) is 56.2 Å². The summed E-state index contributed by atoms with van der Waals surface area (Å²) in [5, 5.41) is 2.80. The predicted octanol–water partition coefficient (Wildman–Crippen LogP) is 2.69. The Morgan fingerprint density at radius 1 is 1.08 bits per heavy atom. The van der Waals surface area contributed by atoms with Crippen LogP contribution in [0.1, 0.15) is 29.3 Å². The molecule has 0 fully saturated rings.